The van der Waals surface area contributed by atoms with Crippen molar-refractivity contribution in [1.82, 2.24) is 9.97 Å². The summed E-state index contributed by atoms with van der Waals surface area (Å²) in [6.45, 7) is 3.62. The van der Waals surface area contributed by atoms with Crippen molar-refractivity contribution in [1.29, 1.82) is 0 Å². The van der Waals surface area contributed by atoms with Crippen LogP contribution >= 0.6 is 0 Å². The average molecular weight is 259 g/mol. The number of aryl methyl sites for hydroxylation is 1. The van der Waals surface area contributed by atoms with Gasteiger partial charge in [-0.2, -0.15) is 0 Å². The molecule has 1 aromatic rings. The lowest BCUT2D eigenvalue weighted by Gasteiger charge is -2.33. The number of carbonyl (C=O) groups excluding carboxylic acids is 1. The zero-order valence-corrected chi connectivity index (χ0v) is 11.6. The fourth-order valence-electron chi connectivity index (χ4n) is 3.27. The molecule has 0 saturated carbocycles. The van der Waals surface area contributed by atoms with Gasteiger partial charge in [0, 0.05) is 30.3 Å². The predicted molar refractivity (Wildman–Crippen MR) is 74.3 cm³/mol. The molecule has 2 aliphatic rings. The lowest BCUT2D eigenvalue weighted by atomic mass is 9.92. The maximum absolute atomic E-state index is 11.4. The van der Waals surface area contributed by atoms with Gasteiger partial charge in [0.15, 0.2) is 0 Å². The van der Waals surface area contributed by atoms with Crippen LogP contribution < -0.4 is 4.90 Å². The van der Waals surface area contributed by atoms with E-state index in [1.807, 2.05) is 0 Å². The van der Waals surface area contributed by atoms with Gasteiger partial charge >= 0.3 is 0 Å². The minimum absolute atomic E-state index is 0.258. The normalized spacial score (nSPS) is 20.2. The van der Waals surface area contributed by atoms with E-state index in [1.165, 1.54) is 24.1 Å². The van der Waals surface area contributed by atoms with Crippen molar-refractivity contribution >= 4 is 11.6 Å². The highest BCUT2D eigenvalue weighted by Gasteiger charge is 2.26. The Labute approximate surface area is 114 Å². The van der Waals surface area contributed by atoms with Gasteiger partial charge in [-0.05, 0) is 45.4 Å². The van der Waals surface area contributed by atoms with E-state index in [2.05, 4.69) is 14.9 Å². The van der Waals surface area contributed by atoms with E-state index in [4.69, 9.17) is 0 Å². The molecule has 0 spiro atoms. The molecule has 0 aromatic carbocycles. The number of fused-ring (bicyclic) bond motifs is 1. The van der Waals surface area contributed by atoms with Crippen LogP contribution in [0.3, 0.4) is 0 Å². The van der Waals surface area contributed by atoms with Gasteiger partial charge in [0.25, 0.3) is 0 Å². The standard InChI is InChI=1S/C15H21N3O/c1-11(19)12-6-8-18(9-7-12)15-13-4-2-3-5-14(13)16-10-17-15/h10,12H,2-9H2,1H3. The van der Waals surface area contributed by atoms with Crippen LogP contribution in [0.25, 0.3) is 0 Å². The van der Waals surface area contributed by atoms with Crippen molar-refractivity contribution in [3.63, 3.8) is 0 Å². The summed E-state index contributed by atoms with van der Waals surface area (Å²) in [6.07, 6.45) is 8.33. The molecular formula is C15H21N3O. The van der Waals surface area contributed by atoms with Crippen LogP contribution in [0.4, 0.5) is 5.82 Å². The zero-order valence-electron chi connectivity index (χ0n) is 11.6. The average Bonchev–Trinajstić information content (AvgIpc) is 2.47. The first-order chi connectivity index (χ1) is 9.25. The molecule has 0 amide bonds. The molecule has 4 heteroatoms. The number of anilines is 1. The van der Waals surface area contributed by atoms with Crippen molar-refractivity contribution in [2.45, 2.75) is 45.4 Å². The monoisotopic (exact) mass is 259 g/mol. The quantitative estimate of drug-likeness (QED) is 0.816. The molecule has 4 nitrogen and oxygen atoms in total. The van der Waals surface area contributed by atoms with E-state index in [0.717, 1.165) is 44.6 Å². The summed E-state index contributed by atoms with van der Waals surface area (Å²) in [5.41, 5.74) is 2.60. The second kappa shape index (κ2) is 5.27. The van der Waals surface area contributed by atoms with Crippen molar-refractivity contribution in [3.05, 3.63) is 17.6 Å². The highest BCUT2D eigenvalue weighted by atomic mass is 16.1. The second-order valence-corrected chi connectivity index (χ2v) is 5.70. The Hall–Kier alpha value is -1.45. The first-order valence-electron chi connectivity index (χ1n) is 7.34. The summed E-state index contributed by atoms with van der Waals surface area (Å²) in [5.74, 6) is 1.73. The van der Waals surface area contributed by atoms with Crippen LogP contribution in [-0.4, -0.2) is 28.8 Å². The molecule has 0 N–H and O–H groups in total. The summed E-state index contributed by atoms with van der Waals surface area (Å²) in [7, 11) is 0. The SMILES string of the molecule is CC(=O)C1CCN(c2ncnc3c2CCCC3)CC1. The van der Waals surface area contributed by atoms with E-state index in [1.54, 1.807) is 13.3 Å². The Balaban J connectivity index is 1.78. The Morgan fingerprint density at radius 3 is 2.68 bits per heavy atom. The molecule has 2 heterocycles. The molecule has 1 saturated heterocycles. The van der Waals surface area contributed by atoms with Gasteiger partial charge in [-0.3, -0.25) is 4.79 Å². The molecule has 1 aromatic heterocycles. The first kappa shape index (κ1) is 12.6. The minimum Gasteiger partial charge on any atom is -0.356 e. The number of hydrogen-bond acceptors (Lipinski definition) is 4. The largest absolute Gasteiger partial charge is 0.356 e. The molecule has 0 atom stereocenters. The highest BCUT2D eigenvalue weighted by molar-refractivity contribution is 5.78. The maximum Gasteiger partial charge on any atom is 0.135 e. The van der Waals surface area contributed by atoms with Crippen LogP contribution in [0.1, 0.15) is 43.9 Å². The number of hydrogen-bond donors (Lipinski definition) is 0. The third kappa shape index (κ3) is 2.48. The Morgan fingerprint density at radius 2 is 1.95 bits per heavy atom. The van der Waals surface area contributed by atoms with E-state index in [-0.39, 0.29) is 5.92 Å². The van der Waals surface area contributed by atoms with Gasteiger partial charge in [0.1, 0.15) is 17.9 Å². The number of carbonyl (C=O) groups is 1. The van der Waals surface area contributed by atoms with E-state index in [0.29, 0.717) is 5.78 Å². The predicted octanol–water partition coefficient (Wildman–Crippen LogP) is 2.16. The molecular weight excluding hydrogens is 238 g/mol. The fourth-order valence-corrected chi connectivity index (χ4v) is 3.27. The van der Waals surface area contributed by atoms with Gasteiger partial charge in [0.05, 0.1) is 0 Å². The molecule has 1 aliphatic carbocycles. The van der Waals surface area contributed by atoms with Gasteiger partial charge < -0.3 is 4.90 Å². The third-order valence-corrected chi connectivity index (χ3v) is 4.47. The number of rotatable bonds is 2. The van der Waals surface area contributed by atoms with Crippen molar-refractivity contribution in [2.75, 3.05) is 18.0 Å². The molecule has 102 valence electrons. The van der Waals surface area contributed by atoms with E-state index >= 15 is 0 Å². The van der Waals surface area contributed by atoms with Gasteiger partial charge in [-0.15, -0.1) is 0 Å². The third-order valence-electron chi connectivity index (χ3n) is 4.47. The van der Waals surface area contributed by atoms with Gasteiger partial charge in [-0.1, -0.05) is 0 Å². The Morgan fingerprint density at radius 1 is 1.21 bits per heavy atom. The summed E-state index contributed by atoms with van der Waals surface area (Å²) in [5, 5.41) is 0. The topological polar surface area (TPSA) is 46.1 Å². The van der Waals surface area contributed by atoms with E-state index in [9.17, 15) is 4.79 Å². The number of aromatic nitrogens is 2. The van der Waals surface area contributed by atoms with Crippen LogP contribution in [0, 0.1) is 5.92 Å². The summed E-state index contributed by atoms with van der Waals surface area (Å²) in [4.78, 5) is 22.7. The van der Waals surface area contributed by atoms with E-state index < -0.39 is 0 Å². The number of piperidine rings is 1. The van der Waals surface area contributed by atoms with Crippen molar-refractivity contribution in [3.8, 4) is 0 Å². The van der Waals surface area contributed by atoms with Crippen LogP contribution in [0.15, 0.2) is 6.33 Å². The molecule has 1 fully saturated rings. The maximum atomic E-state index is 11.4. The molecule has 0 unspecified atom stereocenters. The molecule has 0 radical (unpaired) electrons. The molecule has 19 heavy (non-hydrogen) atoms. The minimum atomic E-state index is 0.258. The highest BCUT2D eigenvalue weighted by Crippen LogP contribution is 2.30. The number of Topliss-reactive ketones (excluding diaryl/α,β-unsaturated/α-hetero) is 1. The fraction of sp³-hybridized carbons (Fsp3) is 0.667. The summed E-state index contributed by atoms with van der Waals surface area (Å²) in [6, 6.07) is 0. The van der Waals surface area contributed by atoms with Crippen molar-refractivity contribution in [2.24, 2.45) is 5.92 Å². The lowest BCUT2D eigenvalue weighted by molar-refractivity contribution is -0.121. The Bertz CT molecular complexity index is 478. The van der Waals surface area contributed by atoms with Gasteiger partial charge in [-0.25, -0.2) is 9.97 Å². The number of nitrogens with zero attached hydrogens (tertiary/aromatic N) is 3. The van der Waals surface area contributed by atoms with Gasteiger partial charge in [0.2, 0.25) is 0 Å². The number of ketones is 1. The molecule has 3 rings (SSSR count). The second-order valence-electron chi connectivity index (χ2n) is 5.70. The lowest BCUT2D eigenvalue weighted by Crippen LogP contribution is -2.37. The van der Waals surface area contributed by atoms with Crippen LogP contribution in [0.2, 0.25) is 0 Å². The first-order valence-corrected chi connectivity index (χ1v) is 7.34. The molecule has 0 bridgehead atoms. The van der Waals surface area contributed by atoms with Crippen LogP contribution in [0.5, 0.6) is 0 Å². The molecule has 1 aliphatic heterocycles. The zero-order chi connectivity index (χ0) is 13.2. The summed E-state index contributed by atoms with van der Waals surface area (Å²) >= 11 is 0. The van der Waals surface area contributed by atoms with Crippen molar-refractivity contribution < 1.29 is 4.79 Å². The summed E-state index contributed by atoms with van der Waals surface area (Å²) < 4.78 is 0. The van der Waals surface area contributed by atoms with Crippen LogP contribution in [-0.2, 0) is 17.6 Å². The Kier molecular flexibility index (Phi) is 3.49. The smallest absolute Gasteiger partial charge is 0.135 e.